The van der Waals surface area contributed by atoms with Crippen LogP contribution in [0.15, 0.2) is 58.8 Å². The van der Waals surface area contributed by atoms with Crippen molar-refractivity contribution in [2.24, 2.45) is 0 Å². The molecule has 2 N–H and O–H groups in total. The van der Waals surface area contributed by atoms with E-state index in [4.69, 9.17) is 17.3 Å². The van der Waals surface area contributed by atoms with Gasteiger partial charge in [0.2, 0.25) is 5.13 Å². The molecule has 5 nitrogen and oxygen atoms in total. The van der Waals surface area contributed by atoms with Crippen molar-refractivity contribution in [3.05, 3.63) is 69.4 Å². The fourth-order valence-corrected chi connectivity index (χ4v) is 3.50. The number of nitrogens with two attached hydrogens (primary N) is 1. The van der Waals surface area contributed by atoms with Crippen molar-refractivity contribution in [3.63, 3.8) is 0 Å². The normalized spacial score (nSPS) is 11.0. The predicted molar refractivity (Wildman–Crippen MR) is 97.9 cm³/mol. The smallest absolute Gasteiger partial charge is 0.281 e. The second-order valence-electron chi connectivity index (χ2n) is 5.17. The molecule has 0 saturated carbocycles. The zero-order valence-electron chi connectivity index (χ0n) is 12.3. The highest BCUT2D eigenvalue weighted by Gasteiger charge is 2.13. The maximum Gasteiger partial charge on any atom is 0.281 e. The molecule has 0 aliphatic rings. The van der Waals surface area contributed by atoms with Crippen molar-refractivity contribution in [1.82, 2.24) is 14.8 Å². The minimum Gasteiger partial charge on any atom is -0.398 e. The van der Waals surface area contributed by atoms with E-state index in [0.717, 1.165) is 5.56 Å². The lowest BCUT2D eigenvalue weighted by Gasteiger charge is -2.04. The van der Waals surface area contributed by atoms with Gasteiger partial charge >= 0.3 is 0 Å². The largest absolute Gasteiger partial charge is 0.398 e. The molecule has 0 radical (unpaired) electrons. The Kier molecular flexibility index (Phi) is 3.55. The third kappa shape index (κ3) is 2.36. The second-order valence-corrected chi connectivity index (χ2v) is 6.41. The van der Waals surface area contributed by atoms with Crippen LogP contribution in [0.5, 0.6) is 0 Å². The molecular weight excluding hydrogens is 344 g/mol. The summed E-state index contributed by atoms with van der Waals surface area (Å²) in [6.45, 7) is 0. The van der Waals surface area contributed by atoms with Crippen LogP contribution < -0.4 is 11.3 Å². The number of fused-ring (bicyclic) bond motifs is 1. The minimum atomic E-state index is -0.250. The van der Waals surface area contributed by atoms with Gasteiger partial charge in [0, 0.05) is 27.0 Å². The van der Waals surface area contributed by atoms with E-state index in [0.29, 0.717) is 32.3 Å². The van der Waals surface area contributed by atoms with Gasteiger partial charge in [0.05, 0.1) is 17.3 Å². The lowest BCUT2D eigenvalue weighted by atomic mass is 10.2. The molecule has 2 aromatic carbocycles. The molecule has 0 aliphatic heterocycles. The van der Waals surface area contributed by atoms with Crippen LogP contribution in [-0.4, -0.2) is 14.8 Å². The molecule has 0 unspecified atom stereocenters. The van der Waals surface area contributed by atoms with E-state index in [-0.39, 0.29) is 5.56 Å². The Bertz CT molecular complexity index is 1120. The molecule has 4 aromatic rings. The molecule has 4 rings (SSSR count). The summed E-state index contributed by atoms with van der Waals surface area (Å²) >= 11 is 7.54. The van der Waals surface area contributed by atoms with E-state index in [1.165, 1.54) is 16.0 Å². The summed E-state index contributed by atoms with van der Waals surface area (Å²) in [6.07, 6.45) is 1.59. The number of nitrogens with zero attached hydrogens (tertiary/aromatic N) is 3. The minimum absolute atomic E-state index is 0.250. The summed E-state index contributed by atoms with van der Waals surface area (Å²) in [5.41, 5.74) is 7.70. The standard InChI is InChI=1S/C17H11ClN4OS/c18-13-6-2-1-4-11(13)15-9-24-17(21-15)22-16(23)10-5-3-7-14(19)12(10)8-20-22/h1-9H,19H2. The number of benzene rings is 2. The molecule has 0 aliphatic carbocycles. The Balaban J connectivity index is 1.86. The maximum absolute atomic E-state index is 12.7. The van der Waals surface area contributed by atoms with E-state index in [9.17, 15) is 4.79 Å². The van der Waals surface area contributed by atoms with Gasteiger partial charge in [0.15, 0.2) is 0 Å². The average Bonchev–Trinajstić information content (AvgIpc) is 3.06. The highest BCUT2D eigenvalue weighted by Crippen LogP contribution is 2.29. The van der Waals surface area contributed by atoms with Crippen molar-refractivity contribution in [3.8, 4) is 16.4 Å². The number of halogens is 1. The van der Waals surface area contributed by atoms with Crippen molar-refractivity contribution in [2.75, 3.05) is 5.73 Å². The van der Waals surface area contributed by atoms with Gasteiger partial charge in [0.25, 0.3) is 5.56 Å². The number of thiazole rings is 1. The first-order valence-electron chi connectivity index (χ1n) is 7.12. The molecule has 7 heteroatoms. The highest BCUT2D eigenvalue weighted by molar-refractivity contribution is 7.12. The van der Waals surface area contributed by atoms with Gasteiger partial charge in [-0.25, -0.2) is 4.98 Å². The molecule has 0 saturated heterocycles. The number of nitrogen functional groups attached to an aromatic ring is 1. The van der Waals surface area contributed by atoms with E-state index in [1.807, 2.05) is 23.6 Å². The summed E-state index contributed by atoms with van der Waals surface area (Å²) in [4.78, 5) is 17.2. The van der Waals surface area contributed by atoms with Gasteiger partial charge < -0.3 is 5.73 Å². The molecule has 0 amide bonds. The number of hydrogen-bond donors (Lipinski definition) is 1. The molecule has 0 spiro atoms. The van der Waals surface area contributed by atoms with Crippen LogP contribution in [0.2, 0.25) is 5.02 Å². The summed E-state index contributed by atoms with van der Waals surface area (Å²) in [5, 5.41) is 8.31. The van der Waals surface area contributed by atoms with E-state index in [1.54, 1.807) is 30.5 Å². The molecular formula is C17H11ClN4OS. The Morgan fingerprint density at radius 2 is 1.92 bits per heavy atom. The molecule has 0 bridgehead atoms. The van der Waals surface area contributed by atoms with Crippen LogP contribution in [0.25, 0.3) is 27.2 Å². The highest BCUT2D eigenvalue weighted by atomic mass is 35.5. The third-order valence-corrected chi connectivity index (χ3v) is 4.83. The van der Waals surface area contributed by atoms with Crippen molar-refractivity contribution >= 4 is 39.4 Å². The molecule has 2 aromatic heterocycles. The fraction of sp³-hybridized carbons (Fsp3) is 0. The van der Waals surface area contributed by atoms with Crippen molar-refractivity contribution in [2.45, 2.75) is 0 Å². The molecule has 2 heterocycles. The first-order valence-corrected chi connectivity index (χ1v) is 8.38. The molecule has 24 heavy (non-hydrogen) atoms. The van der Waals surface area contributed by atoms with Gasteiger partial charge in [-0.1, -0.05) is 35.9 Å². The zero-order valence-corrected chi connectivity index (χ0v) is 13.9. The molecule has 0 atom stereocenters. The predicted octanol–water partition coefficient (Wildman–Crippen LogP) is 3.74. The topological polar surface area (TPSA) is 73.8 Å². The number of hydrogen-bond acceptors (Lipinski definition) is 5. The Morgan fingerprint density at radius 3 is 2.75 bits per heavy atom. The van der Waals surface area contributed by atoms with Crippen LogP contribution >= 0.6 is 22.9 Å². The summed E-state index contributed by atoms with van der Waals surface area (Å²) < 4.78 is 1.28. The Hall–Kier alpha value is -2.70. The van der Waals surface area contributed by atoms with Crippen LogP contribution in [0.4, 0.5) is 5.69 Å². The van der Waals surface area contributed by atoms with E-state index in [2.05, 4.69) is 10.1 Å². The van der Waals surface area contributed by atoms with Gasteiger partial charge in [-0.15, -0.1) is 11.3 Å². The summed E-state index contributed by atoms with van der Waals surface area (Å²) in [6, 6.07) is 12.7. The van der Waals surface area contributed by atoms with Gasteiger partial charge in [0.1, 0.15) is 0 Å². The quantitative estimate of drug-likeness (QED) is 0.556. The number of anilines is 1. The molecule has 0 fully saturated rings. The Labute approximate surface area is 146 Å². The van der Waals surface area contributed by atoms with Gasteiger partial charge in [-0.3, -0.25) is 4.79 Å². The third-order valence-electron chi connectivity index (χ3n) is 3.69. The average molecular weight is 355 g/mol. The van der Waals surface area contributed by atoms with Crippen LogP contribution in [0.3, 0.4) is 0 Å². The van der Waals surface area contributed by atoms with Gasteiger partial charge in [-0.2, -0.15) is 9.78 Å². The lowest BCUT2D eigenvalue weighted by molar-refractivity contribution is 0.814. The van der Waals surface area contributed by atoms with E-state index < -0.39 is 0 Å². The summed E-state index contributed by atoms with van der Waals surface area (Å²) in [5.74, 6) is 0. The maximum atomic E-state index is 12.7. The van der Waals surface area contributed by atoms with E-state index >= 15 is 0 Å². The second kappa shape index (κ2) is 5.74. The number of rotatable bonds is 2. The first-order chi connectivity index (χ1) is 11.6. The first kappa shape index (κ1) is 14.9. The van der Waals surface area contributed by atoms with Gasteiger partial charge in [-0.05, 0) is 18.2 Å². The lowest BCUT2D eigenvalue weighted by Crippen LogP contribution is -2.21. The van der Waals surface area contributed by atoms with Crippen LogP contribution in [-0.2, 0) is 0 Å². The zero-order chi connectivity index (χ0) is 16.7. The van der Waals surface area contributed by atoms with Crippen LogP contribution in [0.1, 0.15) is 0 Å². The van der Waals surface area contributed by atoms with Crippen molar-refractivity contribution < 1.29 is 0 Å². The number of aromatic nitrogens is 3. The monoisotopic (exact) mass is 354 g/mol. The summed E-state index contributed by atoms with van der Waals surface area (Å²) in [7, 11) is 0. The van der Waals surface area contributed by atoms with Crippen molar-refractivity contribution in [1.29, 1.82) is 0 Å². The van der Waals surface area contributed by atoms with Crippen LogP contribution in [0, 0.1) is 0 Å². The molecule has 118 valence electrons. The Morgan fingerprint density at radius 1 is 1.08 bits per heavy atom. The fourth-order valence-electron chi connectivity index (χ4n) is 2.49. The SMILES string of the molecule is Nc1cccc2c(=O)n(-c3nc(-c4ccccc4Cl)cs3)ncc12.